The van der Waals surface area contributed by atoms with Crippen LogP contribution in [0.25, 0.3) is 6.08 Å². The summed E-state index contributed by atoms with van der Waals surface area (Å²) in [6, 6.07) is 0. The van der Waals surface area contributed by atoms with Crippen LogP contribution in [0.1, 0.15) is 11.5 Å². The molecule has 50 valence electrons. The van der Waals surface area contributed by atoms with E-state index in [-0.39, 0.29) is 0 Å². The fourth-order valence-electron chi connectivity index (χ4n) is 0.968. The smallest absolute Gasteiger partial charge is 0.181 e. The summed E-state index contributed by atoms with van der Waals surface area (Å²) in [7, 11) is 0. The van der Waals surface area contributed by atoms with Crippen molar-refractivity contribution in [2.45, 2.75) is 6.42 Å². The first-order valence-electron chi connectivity index (χ1n) is 3.22. The molecule has 0 unspecified atom stereocenters. The molecule has 0 atom stereocenters. The molecule has 2 rings (SSSR count). The summed E-state index contributed by atoms with van der Waals surface area (Å²) >= 11 is 0. The quantitative estimate of drug-likeness (QED) is 0.539. The first-order chi connectivity index (χ1) is 4.97. The topological polar surface area (TPSA) is 26.0 Å². The zero-order valence-electron chi connectivity index (χ0n) is 5.45. The van der Waals surface area contributed by atoms with Gasteiger partial charge in [-0.1, -0.05) is 18.2 Å². The third kappa shape index (κ3) is 0.778. The highest BCUT2D eigenvalue weighted by Gasteiger charge is 2.03. The highest BCUT2D eigenvalue weighted by molar-refractivity contribution is 5.50. The molecule has 0 N–H and O–H groups in total. The summed E-state index contributed by atoms with van der Waals surface area (Å²) in [5.74, 6) is 0.949. The second kappa shape index (κ2) is 2.14. The van der Waals surface area contributed by atoms with Gasteiger partial charge in [0.25, 0.3) is 0 Å². The van der Waals surface area contributed by atoms with Crippen LogP contribution >= 0.6 is 0 Å². The molecule has 0 amide bonds. The Hall–Kier alpha value is -1.31. The maximum Gasteiger partial charge on any atom is 0.181 e. The Labute approximate surface area is 58.9 Å². The molecule has 0 spiro atoms. The lowest BCUT2D eigenvalue weighted by Gasteiger charge is -1.85. The van der Waals surface area contributed by atoms with E-state index in [2.05, 4.69) is 4.98 Å². The predicted molar refractivity (Wildman–Crippen MR) is 38.4 cm³/mol. The van der Waals surface area contributed by atoms with Crippen LogP contribution in [-0.2, 0) is 6.42 Å². The van der Waals surface area contributed by atoms with Gasteiger partial charge >= 0.3 is 0 Å². The van der Waals surface area contributed by atoms with E-state index in [0.29, 0.717) is 0 Å². The van der Waals surface area contributed by atoms with Gasteiger partial charge in [0.2, 0.25) is 0 Å². The lowest BCUT2D eigenvalue weighted by atomic mass is 10.3. The van der Waals surface area contributed by atoms with Crippen LogP contribution in [0.3, 0.4) is 0 Å². The van der Waals surface area contributed by atoms with E-state index < -0.39 is 0 Å². The molecule has 1 aromatic heterocycles. The average molecular weight is 133 g/mol. The molecule has 10 heavy (non-hydrogen) atoms. The standard InChI is InChI=1S/C8H7NO/c1-2-4-7-8(5-3-1)10-6-9-7/h1-4,6H,5H2. The zero-order valence-corrected chi connectivity index (χ0v) is 5.45. The molecule has 0 bridgehead atoms. The monoisotopic (exact) mass is 133 g/mol. The second-order valence-corrected chi connectivity index (χ2v) is 2.15. The molecule has 1 aromatic rings. The van der Waals surface area contributed by atoms with Crippen molar-refractivity contribution in [2.75, 3.05) is 0 Å². The normalized spacial score (nSPS) is 14.8. The SMILES string of the molecule is C1=CCc2ocnc2C=C1. The van der Waals surface area contributed by atoms with Crippen molar-refractivity contribution in [2.24, 2.45) is 0 Å². The molecule has 2 nitrogen and oxygen atoms in total. The summed E-state index contributed by atoms with van der Waals surface area (Å²) in [5.41, 5.74) is 0.949. The number of nitrogens with zero attached hydrogens (tertiary/aromatic N) is 1. The van der Waals surface area contributed by atoms with Gasteiger partial charge in [0.15, 0.2) is 6.39 Å². The van der Waals surface area contributed by atoms with Gasteiger partial charge in [-0.2, -0.15) is 0 Å². The maximum absolute atomic E-state index is 5.12. The minimum atomic E-state index is 0.850. The van der Waals surface area contributed by atoms with Crippen LogP contribution in [0.2, 0.25) is 0 Å². The first kappa shape index (κ1) is 5.47. The second-order valence-electron chi connectivity index (χ2n) is 2.15. The number of allylic oxidation sites excluding steroid dienone is 3. The fourth-order valence-corrected chi connectivity index (χ4v) is 0.968. The van der Waals surface area contributed by atoms with Gasteiger partial charge in [0, 0.05) is 6.42 Å². The molecule has 1 aliphatic rings. The number of rotatable bonds is 0. The minimum absolute atomic E-state index is 0.850. The van der Waals surface area contributed by atoms with Crippen LogP contribution in [0.15, 0.2) is 29.0 Å². The lowest BCUT2D eigenvalue weighted by molar-refractivity contribution is 0.516. The molecule has 0 fully saturated rings. The molecule has 0 radical (unpaired) electrons. The van der Waals surface area contributed by atoms with Crippen molar-refractivity contribution >= 4 is 6.08 Å². The van der Waals surface area contributed by atoms with Crippen LogP contribution in [0.4, 0.5) is 0 Å². The number of hydrogen-bond acceptors (Lipinski definition) is 2. The molecule has 2 heteroatoms. The van der Waals surface area contributed by atoms with Crippen molar-refractivity contribution in [3.05, 3.63) is 36.1 Å². The van der Waals surface area contributed by atoms with Crippen LogP contribution in [-0.4, -0.2) is 4.98 Å². The van der Waals surface area contributed by atoms with Crippen molar-refractivity contribution in [3.63, 3.8) is 0 Å². The molecule has 1 heterocycles. The van der Waals surface area contributed by atoms with E-state index in [4.69, 9.17) is 4.42 Å². The summed E-state index contributed by atoms with van der Waals surface area (Å²) in [5, 5.41) is 0. The summed E-state index contributed by atoms with van der Waals surface area (Å²) in [6.45, 7) is 0. The Morgan fingerprint density at radius 1 is 1.40 bits per heavy atom. The fraction of sp³-hybridized carbons (Fsp3) is 0.125. The van der Waals surface area contributed by atoms with Gasteiger partial charge in [-0.3, -0.25) is 0 Å². The minimum Gasteiger partial charge on any atom is -0.448 e. The van der Waals surface area contributed by atoms with Crippen LogP contribution in [0.5, 0.6) is 0 Å². The zero-order chi connectivity index (χ0) is 6.81. The Bertz CT molecular complexity index is 283. The third-order valence-corrected chi connectivity index (χ3v) is 1.48. The van der Waals surface area contributed by atoms with Crippen molar-refractivity contribution < 1.29 is 4.42 Å². The van der Waals surface area contributed by atoms with Gasteiger partial charge in [0.1, 0.15) is 11.5 Å². The number of fused-ring (bicyclic) bond motifs is 1. The largest absolute Gasteiger partial charge is 0.448 e. The number of aromatic nitrogens is 1. The molecule has 1 aliphatic carbocycles. The van der Waals surface area contributed by atoms with Crippen molar-refractivity contribution in [1.29, 1.82) is 0 Å². The van der Waals surface area contributed by atoms with Gasteiger partial charge in [0.05, 0.1) is 0 Å². The maximum atomic E-state index is 5.12. The Morgan fingerprint density at radius 3 is 3.40 bits per heavy atom. The average Bonchev–Trinajstić information content (AvgIpc) is 2.28. The Morgan fingerprint density at radius 2 is 2.40 bits per heavy atom. The molecule has 0 aromatic carbocycles. The molecule has 0 saturated carbocycles. The van der Waals surface area contributed by atoms with E-state index in [1.54, 1.807) is 0 Å². The van der Waals surface area contributed by atoms with Crippen LogP contribution in [0, 0.1) is 0 Å². The summed E-state index contributed by atoms with van der Waals surface area (Å²) in [4.78, 5) is 4.02. The summed E-state index contributed by atoms with van der Waals surface area (Å²) < 4.78 is 5.12. The highest BCUT2D eigenvalue weighted by Crippen LogP contribution is 2.12. The molecular formula is C8H7NO. The van der Waals surface area contributed by atoms with Crippen molar-refractivity contribution in [1.82, 2.24) is 4.98 Å². The Balaban J connectivity index is 2.50. The Kier molecular flexibility index (Phi) is 1.17. The third-order valence-electron chi connectivity index (χ3n) is 1.48. The first-order valence-corrected chi connectivity index (χ1v) is 3.22. The number of oxazole rings is 1. The highest BCUT2D eigenvalue weighted by atomic mass is 16.3. The van der Waals surface area contributed by atoms with E-state index in [1.165, 1.54) is 6.39 Å². The molecular weight excluding hydrogens is 126 g/mol. The molecule has 0 aliphatic heterocycles. The van der Waals surface area contributed by atoms with Crippen LogP contribution < -0.4 is 0 Å². The van der Waals surface area contributed by atoms with Gasteiger partial charge < -0.3 is 4.42 Å². The van der Waals surface area contributed by atoms with Gasteiger partial charge in [-0.15, -0.1) is 0 Å². The lowest BCUT2D eigenvalue weighted by Crippen LogP contribution is -1.78. The molecule has 0 saturated heterocycles. The number of hydrogen-bond donors (Lipinski definition) is 0. The van der Waals surface area contributed by atoms with E-state index >= 15 is 0 Å². The van der Waals surface area contributed by atoms with E-state index in [1.807, 2.05) is 24.3 Å². The van der Waals surface area contributed by atoms with E-state index in [0.717, 1.165) is 17.9 Å². The van der Waals surface area contributed by atoms with Gasteiger partial charge in [-0.05, 0) is 6.08 Å². The predicted octanol–water partition coefficient (Wildman–Crippen LogP) is 1.80. The van der Waals surface area contributed by atoms with Crippen molar-refractivity contribution in [3.8, 4) is 0 Å². The summed E-state index contributed by atoms with van der Waals surface area (Å²) in [6.07, 6.45) is 10.3. The van der Waals surface area contributed by atoms with E-state index in [9.17, 15) is 0 Å². The van der Waals surface area contributed by atoms with Gasteiger partial charge in [-0.25, -0.2) is 4.98 Å².